The van der Waals surface area contributed by atoms with Crippen molar-refractivity contribution in [2.24, 2.45) is 40.2 Å². The van der Waals surface area contributed by atoms with Crippen LogP contribution in [-0.2, 0) is 19.2 Å². The van der Waals surface area contributed by atoms with E-state index in [0.29, 0.717) is 25.7 Å². The first-order valence-electron chi connectivity index (χ1n) is 10.2. The highest BCUT2D eigenvalue weighted by Crippen LogP contribution is 2.41. The van der Waals surface area contributed by atoms with Gasteiger partial charge in [-0.2, -0.15) is 0 Å². The van der Waals surface area contributed by atoms with Gasteiger partial charge in [0.1, 0.15) is 0 Å². The van der Waals surface area contributed by atoms with Crippen LogP contribution < -0.4 is 22.9 Å². The molecule has 0 aromatic carbocycles. The molecule has 1 aliphatic carbocycles. The van der Waals surface area contributed by atoms with Crippen molar-refractivity contribution in [1.82, 2.24) is 0 Å². The molecule has 0 spiro atoms. The quantitative estimate of drug-likeness (QED) is 0.483. The van der Waals surface area contributed by atoms with Crippen LogP contribution >= 0.6 is 0 Å². The smallest absolute Gasteiger partial charge is 0.217 e. The highest BCUT2D eigenvalue weighted by molar-refractivity contribution is 5.78. The summed E-state index contributed by atoms with van der Waals surface area (Å²) in [5, 5.41) is 0. The molecule has 1 rings (SSSR count). The van der Waals surface area contributed by atoms with Crippen LogP contribution in [0.15, 0.2) is 0 Å². The highest BCUT2D eigenvalue weighted by Gasteiger charge is 2.34. The number of rotatable bonds is 8. The van der Waals surface area contributed by atoms with Crippen LogP contribution in [0.1, 0.15) is 83.5 Å². The third kappa shape index (κ3) is 9.71. The summed E-state index contributed by atoms with van der Waals surface area (Å²) in [5.41, 5.74) is 21.2. The van der Waals surface area contributed by atoms with Gasteiger partial charge in [-0.25, -0.2) is 0 Å². The number of hydrogen-bond acceptors (Lipinski definition) is 4. The minimum atomic E-state index is -0.556. The Morgan fingerprint density at radius 2 is 1.11 bits per heavy atom. The van der Waals surface area contributed by atoms with Crippen LogP contribution in [0.3, 0.4) is 0 Å². The minimum absolute atomic E-state index is 0.0347. The zero-order valence-electron chi connectivity index (χ0n) is 16.8. The second-order valence-electron chi connectivity index (χ2n) is 8.57. The Labute approximate surface area is 167 Å². The van der Waals surface area contributed by atoms with E-state index < -0.39 is 17.2 Å². The second-order valence-corrected chi connectivity index (χ2v) is 8.57. The van der Waals surface area contributed by atoms with Crippen molar-refractivity contribution in [1.29, 1.82) is 0 Å². The van der Waals surface area contributed by atoms with Gasteiger partial charge < -0.3 is 22.9 Å². The van der Waals surface area contributed by atoms with Gasteiger partial charge in [-0.1, -0.05) is 19.3 Å². The number of hydrogen-bond donors (Lipinski definition) is 4. The van der Waals surface area contributed by atoms with Crippen LogP contribution in [0.2, 0.25) is 0 Å². The lowest BCUT2D eigenvalue weighted by atomic mass is 9.70. The topological polar surface area (TPSA) is 172 Å². The van der Waals surface area contributed by atoms with Crippen molar-refractivity contribution in [3.63, 3.8) is 0 Å². The summed E-state index contributed by atoms with van der Waals surface area (Å²) in [6.07, 6.45) is 7.96. The Hall–Kier alpha value is -2.12. The Kier molecular flexibility index (Phi) is 9.96. The lowest BCUT2D eigenvalue weighted by Crippen LogP contribution is -2.34. The van der Waals surface area contributed by atoms with Crippen LogP contribution in [0, 0.1) is 17.3 Å². The summed E-state index contributed by atoms with van der Waals surface area (Å²) in [4.78, 5) is 46.2. The minimum Gasteiger partial charge on any atom is -0.370 e. The summed E-state index contributed by atoms with van der Waals surface area (Å²) >= 11 is 0. The van der Waals surface area contributed by atoms with Crippen molar-refractivity contribution in [3.05, 3.63) is 0 Å². The van der Waals surface area contributed by atoms with E-state index >= 15 is 0 Å². The van der Waals surface area contributed by atoms with Crippen molar-refractivity contribution < 1.29 is 19.2 Å². The first kappa shape index (κ1) is 23.9. The van der Waals surface area contributed by atoms with E-state index in [4.69, 9.17) is 22.9 Å². The molecule has 8 heteroatoms. The number of primary amides is 4. The molecule has 0 aliphatic heterocycles. The highest BCUT2D eigenvalue weighted by atomic mass is 16.2. The van der Waals surface area contributed by atoms with E-state index in [9.17, 15) is 19.2 Å². The zero-order chi connectivity index (χ0) is 21.2. The van der Waals surface area contributed by atoms with Gasteiger partial charge in [0.25, 0.3) is 0 Å². The predicted molar refractivity (Wildman–Crippen MR) is 106 cm³/mol. The average Bonchev–Trinajstić information content (AvgIpc) is 2.53. The molecular formula is C20H36N4O4. The van der Waals surface area contributed by atoms with Crippen molar-refractivity contribution in [2.45, 2.75) is 83.5 Å². The van der Waals surface area contributed by atoms with Gasteiger partial charge in [-0.15, -0.1) is 0 Å². The summed E-state index contributed by atoms with van der Waals surface area (Å²) < 4.78 is 0. The lowest BCUT2D eigenvalue weighted by Gasteiger charge is -2.34. The van der Waals surface area contributed by atoms with E-state index in [2.05, 4.69) is 0 Å². The molecule has 1 aliphatic rings. The number of carbonyl (C=O) groups is 4. The van der Waals surface area contributed by atoms with Gasteiger partial charge >= 0.3 is 0 Å². The first-order chi connectivity index (χ1) is 13.1. The van der Waals surface area contributed by atoms with E-state index in [-0.39, 0.29) is 42.9 Å². The van der Waals surface area contributed by atoms with E-state index in [1.807, 2.05) is 0 Å². The molecule has 2 unspecified atom stereocenters. The molecule has 1 saturated carbocycles. The first-order valence-corrected chi connectivity index (χ1v) is 10.2. The molecule has 4 amide bonds. The maximum absolute atomic E-state index is 11.7. The Morgan fingerprint density at radius 1 is 0.607 bits per heavy atom. The second kappa shape index (κ2) is 11.7. The molecule has 8 nitrogen and oxygen atoms in total. The standard InChI is InChI=1S/C20H36N4O4/c21-16(25)10-14-4-2-1-3-8-20(12-18(23)27,13-19(24)28)9-7-15(6-5-14)11-17(22)26/h14-15H,1-13H2,(H2,21,25)(H2,22,26)(H2,23,27)(H2,24,28). The largest absolute Gasteiger partial charge is 0.370 e. The normalized spacial score (nSPS) is 23.7. The lowest BCUT2D eigenvalue weighted by molar-refractivity contribution is -0.125. The molecule has 28 heavy (non-hydrogen) atoms. The van der Waals surface area contributed by atoms with Gasteiger partial charge in [-0.3, -0.25) is 19.2 Å². The predicted octanol–water partition coefficient (Wildman–Crippen LogP) is 1.23. The fourth-order valence-corrected chi connectivity index (χ4v) is 4.64. The fraction of sp³-hybridized carbons (Fsp3) is 0.800. The molecule has 0 radical (unpaired) electrons. The summed E-state index contributed by atoms with van der Waals surface area (Å²) in [5.74, 6) is -1.31. The summed E-state index contributed by atoms with van der Waals surface area (Å²) in [7, 11) is 0. The third-order valence-electron chi connectivity index (χ3n) is 5.96. The van der Waals surface area contributed by atoms with Crippen LogP contribution in [-0.4, -0.2) is 23.6 Å². The SMILES string of the molecule is NC(=O)CC1CCCCCC(CC(N)=O)(CC(N)=O)CCC(CC(N)=O)CC1. The number of nitrogens with two attached hydrogens (primary N) is 4. The maximum Gasteiger partial charge on any atom is 0.217 e. The molecule has 2 atom stereocenters. The molecule has 160 valence electrons. The molecule has 8 N–H and O–H groups in total. The van der Waals surface area contributed by atoms with Crippen molar-refractivity contribution in [2.75, 3.05) is 0 Å². The Bertz CT molecular complexity index is 548. The fourth-order valence-electron chi connectivity index (χ4n) is 4.64. The van der Waals surface area contributed by atoms with Crippen LogP contribution in [0.4, 0.5) is 0 Å². The van der Waals surface area contributed by atoms with E-state index in [1.165, 1.54) is 0 Å². The maximum atomic E-state index is 11.7. The van der Waals surface area contributed by atoms with Crippen molar-refractivity contribution in [3.8, 4) is 0 Å². The molecule has 0 aromatic heterocycles. The Balaban J connectivity index is 2.98. The molecule has 0 aromatic rings. The molecule has 0 heterocycles. The third-order valence-corrected chi connectivity index (χ3v) is 5.96. The summed E-state index contributed by atoms with van der Waals surface area (Å²) in [6.45, 7) is 0. The molecule has 0 saturated heterocycles. The van der Waals surface area contributed by atoms with Crippen LogP contribution in [0.25, 0.3) is 0 Å². The van der Waals surface area contributed by atoms with E-state index in [1.54, 1.807) is 0 Å². The molecule has 1 fully saturated rings. The average molecular weight is 397 g/mol. The van der Waals surface area contributed by atoms with E-state index in [0.717, 1.165) is 38.5 Å². The van der Waals surface area contributed by atoms with Gasteiger partial charge in [0.05, 0.1) is 0 Å². The van der Waals surface area contributed by atoms with Crippen LogP contribution in [0.5, 0.6) is 0 Å². The monoisotopic (exact) mass is 396 g/mol. The van der Waals surface area contributed by atoms with Crippen molar-refractivity contribution >= 4 is 23.6 Å². The van der Waals surface area contributed by atoms with Gasteiger partial charge in [0.2, 0.25) is 23.6 Å². The number of carbonyl (C=O) groups excluding carboxylic acids is 4. The Morgan fingerprint density at radius 3 is 1.57 bits per heavy atom. The molecular weight excluding hydrogens is 360 g/mol. The van der Waals surface area contributed by atoms with Gasteiger partial charge in [0, 0.05) is 25.7 Å². The van der Waals surface area contributed by atoms with Gasteiger partial charge in [0.15, 0.2) is 0 Å². The number of amides is 4. The molecule has 0 bridgehead atoms. The zero-order valence-corrected chi connectivity index (χ0v) is 16.8. The van der Waals surface area contributed by atoms with Gasteiger partial charge in [-0.05, 0) is 55.8 Å². The summed E-state index contributed by atoms with van der Waals surface area (Å²) in [6, 6.07) is 0.